The Hall–Kier alpha value is -1.14. The molecule has 2 aliphatic rings. The Morgan fingerprint density at radius 1 is 1.55 bits per heavy atom. The largest absolute Gasteiger partial charge is 0.462 e. The number of anilines is 1. The van der Waals surface area contributed by atoms with Crippen LogP contribution in [0.5, 0.6) is 0 Å². The normalized spacial score (nSPS) is 26.6. The van der Waals surface area contributed by atoms with Gasteiger partial charge >= 0.3 is 5.97 Å². The zero-order valence-electron chi connectivity index (χ0n) is 11.9. The highest BCUT2D eigenvalue weighted by Gasteiger charge is 2.38. The van der Waals surface area contributed by atoms with Crippen molar-refractivity contribution in [3.8, 4) is 0 Å². The molecular weight excluding hydrogens is 276 g/mol. The van der Waals surface area contributed by atoms with Gasteiger partial charge in [-0.25, -0.2) is 9.78 Å². The van der Waals surface area contributed by atoms with Crippen molar-refractivity contribution in [2.45, 2.75) is 38.9 Å². The number of ether oxygens (including phenoxy) is 2. The summed E-state index contributed by atoms with van der Waals surface area (Å²) in [4.78, 5) is 18.9. The summed E-state index contributed by atoms with van der Waals surface area (Å²) in [5.41, 5.74) is 0. The van der Waals surface area contributed by atoms with Crippen LogP contribution in [0.1, 0.15) is 36.4 Å². The number of hydrogen-bond donors (Lipinski definition) is 0. The molecule has 2 fully saturated rings. The van der Waals surface area contributed by atoms with Crippen molar-refractivity contribution in [2.75, 3.05) is 24.6 Å². The minimum atomic E-state index is -0.281. The van der Waals surface area contributed by atoms with Gasteiger partial charge in [0.25, 0.3) is 0 Å². The zero-order chi connectivity index (χ0) is 14.1. The third-order valence-corrected chi connectivity index (χ3v) is 4.71. The van der Waals surface area contributed by atoms with E-state index >= 15 is 0 Å². The zero-order valence-corrected chi connectivity index (χ0v) is 12.7. The van der Waals surface area contributed by atoms with Gasteiger partial charge in [-0.15, -0.1) is 0 Å². The third-order valence-electron chi connectivity index (χ3n) is 3.67. The summed E-state index contributed by atoms with van der Waals surface area (Å²) in [5.74, 6) is 0.432. The molecule has 0 spiro atoms. The summed E-state index contributed by atoms with van der Waals surface area (Å²) in [6.45, 7) is 6.01. The molecule has 6 heteroatoms. The van der Waals surface area contributed by atoms with Crippen molar-refractivity contribution in [3.05, 3.63) is 11.1 Å². The Balaban J connectivity index is 1.69. The van der Waals surface area contributed by atoms with Crippen LogP contribution in [0.3, 0.4) is 0 Å². The van der Waals surface area contributed by atoms with E-state index in [0.717, 1.165) is 18.2 Å². The molecule has 2 heterocycles. The van der Waals surface area contributed by atoms with E-state index < -0.39 is 0 Å². The number of thiazole rings is 1. The molecule has 1 saturated carbocycles. The lowest BCUT2D eigenvalue weighted by atomic mass is 10.1. The fourth-order valence-electron chi connectivity index (χ4n) is 2.58. The fraction of sp³-hybridized carbons (Fsp3) is 0.714. The average molecular weight is 296 g/mol. The van der Waals surface area contributed by atoms with E-state index in [1.54, 1.807) is 6.20 Å². The molecule has 3 rings (SSSR count). The predicted octanol–water partition coefficient (Wildman–Crippen LogP) is 2.32. The maximum Gasteiger partial charge on any atom is 0.350 e. The number of nitrogens with zero attached hydrogens (tertiary/aromatic N) is 2. The second kappa shape index (κ2) is 5.69. The van der Waals surface area contributed by atoms with Gasteiger partial charge in [-0.2, -0.15) is 0 Å². The summed E-state index contributed by atoms with van der Waals surface area (Å²) < 4.78 is 11.0. The number of esters is 1. The first-order valence-electron chi connectivity index (χ1n) is 7.20. The molecule has 110 valence electrons. The molecule has 1 aliphatic heterocycles. The lowest BCUT2D eigenvalue weighted by molar-refractivity contribution is -0.0271. The summed E-state index contributed by atoms with van der Waals surface area (Å²) in [5, 5.41) is 0.897. The molecule has 0 amide bonds. The summed E-state index contributed by atoms with van der Waals surface area (Å²) >= 11 is 1.41. The van der Waals surface area contributed by atoms with Crippen LogP contribution in [0.4, 0.5) is 5.13 Å². The van der Waals surface area contributed by atoms with Crippen LogP contribution in [0.25, 0.3) is 0 Å². The van der Waals surface area contributed by atoms with Crippen molar-refractivity contribution in [3.63, 3.8) is 0 Å². The van der Waals surface area contributed by atoms with Crippen molar-refractivity contribution >= 4 is 22.4 Å². The van der Waals surface area contributed by atoms with E-state index in [9.17, 15) is 4.79 Å². The molecule has 0 N–H and O–H groups in total. The second-order valence-electron chi connectivity index (χ2n) is 5.46. The highest BCUT2D eigenvalue weighted by Crippen LogP contribution is 2.38. The molecule has 0 unspecified atom stereocenters. The molecule has 5 nitrogen and oxygen atoms in total. The molecule has 20 heavy (non-hydrogen) atoms. The van der Waals surface area contributed by atoms with E-state index in [1.165, 1.54) is 24.2 Å². The summed E-state index contributed by atoms with van der Waals surface area (Å²) in [6.07, 6.45) is 4.69. The number of aromatic nitrogens is 1. The number of rotatable bonds is 4. The van der Waals surface area contributed by atoms with Crippen LogP contribution in [0, 0.1) is 5.92 Å². The summed E-state index contributed by atoms with van der Waals surface area (Å²) in [6, 6.07) is 0. The predicted molar refractivity (Wildman–Crippen MR) is 77.3 cm³/mol. The van der Waals surface area contributed by atoms with Gasteiger partial charge in [0.1, 0.15) is 4.88 Å². The first-order valence-corrected chi connectivity index (χ1v) is 8.02. The highest BCUT2D eigenvalue weighted by atomic mass is 32.1. The van der Waals surface area contributed by atoms with Crippen molar-refractivity contribution in [1.82, 2.24) is 4.98 Å². The first-order chi connectivity index (χ1) is 9.67. The number of hydrogen-bond acceptors (Lipinski definition) is 6. The quantitative estimate of drug-likeness (QED) is 0.798. The van der Waals surface area contributed by atoms with Gasteiger partial charge in [0, 0.05) is 13.1 Å². The molecule has 1 aromatic rings. The van der Waals surface area contributed by atoms with Crippen molar-refractivity contribution in [1.29, 1.82) is 0 Å². The Bertz CT molecular complexity index is 487. The van der Waals surface area contributed by atoms with E-state index in [2.05, 4.69) is 16.8 Å². The maximum atomic E-state index is 11.7. The minimum absolute atomic E-state index is 0.212. The third kappa shape index (κ3) is 2.96. The van der Waals surface area contributed by atoms with Gasteiger partial charge < -0.3 is 14.4 Å². The molecule has 0 radical (unpaired) electrons. The molecule has 1 saturated heterocycles. The topological polar surface area (TPSA) is 51.7 Å². The molecule has 0 bridgehead atoms. The standard InChI is InChI=1S/C14H20N2O3S/c1-3-18-13(17)12-6-15-14(20-12)16-7-9(2)19-11(8-16)10-4-5-10/h6,9-11H,3-5,7-8H2,1-2H3/t9-,11+/m1/s1. The Morgan fingerprint density at radius 3 is 3.05 bits per heavy atom. The van der Waals surface area contributed by atoms with Crippen LogP contribution in [0.15, 0.2) is 6.20 Å². The smallest absolute Gasteiger partial charge is 0.350 e. The van der Waals surface area contributed by atoms with Crippen molar-refractivity contribution in [2.24, 2.45) is 5.92 Å². The van der Waals surface area contributed by atoms with Crippen LogP contribution in [0.2, 0.25) is 0 Å². The highest BCUT2D eigenvalue weighted by molar-refractivity contribution is 7.17. The summed E-state index contributed by atoms with van der Waals surface area (Å²) in [7, 11) is 0. The molecule has 1 aliphatic carbocycles. The Labute approximate surface area is 122 Å². The molecule has 1 aromatic heterocycles. The van der Waals surface area contributed by atoms with Gasteiger partial charge in [0.2, 0.25) is 0 Å². The van der Waals surface area contributed by atoms with E-state index in [-0.39, 0.29) is 12.1 Å². The van der Waals surface area contributed by atoms with Crippen LogP contribution < -0.4 is 4.90 Å². The number of carbonyl (C=O) groups is 1. The molecular formula is C14H20N2O3S. The van der Waals surface area contributed by atoms with Crippen LogP contribution in [-0.2, 0) is 9.47 Å². The molecule has 2 atom stereocenters. The minimum Gasteiger partial charge on any atom is -0.462 e. The van der Waals surface area contributed by atoms with Gasteiger partial charge in [0.15, 0.2) is 5.13 Å². The average Bonchev–Trinajstić information content (AvgIpc) is 3.15. The SMILES string of the molecule is CCOC(=O)c1cnc(N2C[C@@H](C)O[C@H](C3CC3)C2)s1. The van der Waals surface area contributed by atoms with E-state index in [4.69, 9.17) is 9.47 Å². The second-order valence-corrected chi connectivity index (χ2v) is 6.46. The number of carbonyl (C=O) groups excluding carboxylic acids is 1. The van der Waals surface area contributed by atoms with E-state index in [1.807, 2.05) is 6.92 Å². The maximum absolute atomic E-state index is 11.7. The Kier molecular flexibility index (Phi) is 3.94. The van der Waals surface area contributed by atoms with E-state index in [0.29, 0.717) is 23.5 Å². The fourth-order valence-corrected chi connectivity index (χ4v) is 3.41. The van der Waals surface area contributed by atoms with Crippen LogP contribution in [-0.4, -0.2) is 42.9 Å². The van der Waals surface area contributed by atoms with Gasteiger partial charge in [-0.1, -0.05) is 11.3 Å². The first kappa shape index (κ1) is 13.8. The Morgan fingerprint density at radius 2 is 2.35 bits per heavy atom. The van der Waals surface area contributed by atoms with Gasteiger partial charge in [-0.05, 0) is 32.6 Å². The molecule has 0 aromatic carbocycles. The van der Waals surface area contributed by atoms with Gasteiger partial charge in [-0.3, -0.25) is 0 Å². The van der Waals surface area contributed by atoms with Gasteiger partial charge in [0.05, 0.1) is 25.0 Å². The number of morpholine rings is 1. The monoisotopic (exact) mass is 296 g/mol. The van der Waals surface area contributed by atoms with Crippen molar-refractivity contribution < 1.29 is 14.3 Å². The van der Waals surface area contributed by atoms with Crippen LogP contribution >= 0.6 is 11.3 Å². The lowest BCUT2D eigenvalue weighted by Gasteiger charge is -2.36. The lowest BCUT2D eigenvalue weighted by Crippen LogP contribution is -2.47.